The predicted octanol–water partition coefficient (Wildman–Crippen LogP) is 3.03. The van der Waals surface area contributed by atoms with E-state index >= 15 is 0 Å². The van der Waals surface area contributed by atoms with Crippen molar-refractivity contribution in [2.45, 2.75) is 12.2 Å². The highest BCUT2D eigenvalue weighted by atomic mass is 32.2. The van der Waals surface area contributed by atoms with E-state index in [2.05, 4.69) is 15.6 Å². The van der Waals surface area contributed by atoms with Gasteiger partial charge in [-0.3, -0.25) is 10.1 Å². The van der Waals surface area contributed by atoms with Gasteiger partial charge in [-0.05, 0) is 24.3 Å². The third-order valence-electron chi connectivity index (χ3n) is 2.85. The Labute approximate surface area is 141 Å². The van der Waals surface area contributed by atoms with Crippen LogP contribution in [-0.4, -0.2) is 29.7 Å². The number of imide groups is 1. The summed E-state index contributed by atoms with van der Waals surface area (Å²) in [5.41, 5.74) is 1.81. The molecule has 1 heterocycles. The van der Waals surface area contributed by atoms with Crippen molar-refractivity contribution in [3.05, 3.63) is 41.2 Å². The second-order valence-corrected chi connectivity index (χ2v) is 6.54. The standard InChI is InChI=1S/C15H16FN3O2S2/c1-17-15(21)19-13(20)6-7-22-8-12-9-23-14(18-12)10-2-4-11(16)5-3-10/h2-5,9H,6-8H2,1H3,(H2,17,19,20,21). The van der Waals surface area contributed by atoms with Gasteiger partial charge < -0.3 is 5.32 Å². The van der Waals surface area contributed by atoms with E-state index in [-0.39, 0.29) is 18.1 Å². The van der Waals surface area contributed by atoms with E-state index in [4.69, 9.17) is 0 Å². The zero-order valence-corrected chi connectivity index (χ0v) is 14.1. The zero-order chi connectivity index (χ0) is 16.7. The second-order valence-electron chi connectivity index (χ2n) is 4.58. The maximum atomic E-state index is 12.9. The fourth-order valence-corrected chi connectivity index (χ4v) is 3.45. The summed E-state index contributed by atoms with van der Waals surface area (Å²) in [5, 5.41) is 7.34. The predicted molar refractivity (Wildman–Crippen MR) is 90.9 cm³/mol. The number of thiazole rings is 1. The Hall–Kier alpha value is -1.93. The number of amides is 3. The molecule has 2 N–H and O–H groups in total. The smallest absolute Gasteiger partial charge is 0.321 e. The Bertz CT molecular complexity index is 674. The minimum Gasteiger partial charge on any atom is -0.341 e. The number of nitrogens with one attached hydrogen (secondary N) is 2. The van der Waals surface area contributed by atoms with Gasteiger partial charge in [-0.15, -0.1) is 11.3 Å². The molecular formula is C15H16FN3O2S2. The molecule has 0 aliphatic carbocycles. The number of nitrogens with zero attached hydrogens (tertiary/aromatic N) is 1. The third-order valence-corrected chi connectivity index (χ3v) is 4.78. The molecule has 0 radical (unpaired) electrons. The molecule has 1 aromatic carbocycles. The highest BCUT2D eigenvalue weighted by Crippen LogP contribution is 2.25. The van der Waals surface area contributed by atoms with Crippen molar-refractivity contribution in [1.82, 2.24) is 15.6 Å². The highest BCUT2D eigenvalue weighted by molar-refractivity contribution is 7.98. The van der Waals surface area contributed by atoms with E-state index in [1.807, 2.05) is 5.38 Å². The van der Waals surface area contributed by atoms with Crippen LogP contribution in [0.15, 0.2) is 29.6 Å². The van der Waals surface area contributed by atoms with E-state index in [9.17, 15) is 14.0 Å². The molecule has 2 rings (SSSR count). The van der Waals surface area contributed by atoms with Crippen LogP contribution in [0, 0.1) is 5.82 Å². The number of carbonyl (C=O) groups excluding carboxylic acids is 2. The molecule has 0 atom stereocenters. The van der Waals surface area contributed by atoms with Crippen LogP contribution in [0.25, 0.3) is 10.6 Å². The first kappa shape index (κ1) is 17.4. The molecular weight excluding hydrogens is 337 g/mol. The number of carbonyl (C=O) groups is 2. The van der Waals surface area contributed by atoms with E-state index in [1.54, 1.807) is 23.9 Å². The molecule has 0 saturated heterocycles. The Kier molecular flexibility index (Phi) is 6.54. The number of benzene rings is 1. The van der Waals surface area contributed by atoms with Gasteiger partial charge in [-0.25, -0.2) is 14.2 Å². The number of thioether (sulfide) groups is 1. The van der Waals surface area contributed by atoms with E-state index < -0.39 is 6.03 Å². The Morgan fingerprint density at radius 2 is 2.04 bits per heavy atom. The quantitative estimate of drug-likeness (QED) is 0.783. The molecule has 0 aliphatic heterocycles. The molecule has 8 heteroatoms. The summed E-state index contributed by atoms with van der Waals surface area (Å²) in [6.45, 7) is 0. The lowest BCUT2D eigenvalue weighted by molar-refractivity contribution is -0.119. The largest absolute Gasteiger partial charge is 0.341 e. The average molecular weight is 353 g/mol. The maximum Gasteiger partial charge on any atom is 0.321 e. The van der Waals surface area contributed by atoms with Gasteiger partial charge in [0.1, 0.15) is 10.8 Å². The van der Waals surface area contributed by atoms with Crippen LogP contribution in [0.5, 0.6) is 0 Å². The molecule has 0 bridgehead atoms. The van der Waals surface area contributed by atoms with Gasteiger partial charge in [-0.1, -0.05) is 0 Å². The summed E-state index contributed by atoms with van der Waals surface area (Å²) in [6, 6.07) is 5.73. The monoisotopic (exact) mass is 353 g/mol. The molecule has 1 aromatic heterocycles. The Morgan fingerprint density at radius 1 is 1.30 bits per heavy atom. The molecule has 5 nitrogen and oxygen atoms in total. The van der Waals surface area contributed by atoms with Crippen molar-refractivity contribution in [1.29, 1.82) is 0 Å². The first-order chi connectivity index (χ1) is 11.1. The fourth-order valence-electron chi connectivity index (χ4n) is 1.69. The van der Waals surface area contributed by atoms with Gasteiger partial charge in [0.15, 0.2) is 0 Å². The van der Waals surface area contributed by atoms with Crippen molar-refractivity contribution in [2.24, 2.45) is 0 Å². The van der Waals surface area contributed by atoms with Crippen LogP contribution in [0.4, 0.5) is 9.18 Å². The van der Waals surface area contributed by atoms with Crippen molar-refractivity contribution < 1.29 is 14.0 Å². The van der Waals surface area contributed by atoms with Crippen LogP contribution in [-0.2, 0) is 10.5 Å². The topological polar surface area (TPSA) is 71.1 Å². The Balaban J connectivity index is 1.76. The molecule has 0 spiro atoms. The first-order valence-electron chi connectivity index (χ1n) is 6.88. The van der Waals surface area contributed by atoms with Crippen LogP contribution < -0.4 is 10.6 Å². The van der Waals surface area contributed by atoms with Crippen molar-refractivity contribution in [3.8, 4) is 10.6 Å². The minimum absolute atomic E-state index is 0.267. The van der Waals surface area contributed by atoms with Gasteiger partial charge in [0, 0.05) is 35.9 Å². The van der Waals surface area contributed by atoms with Crippen LogP contribution >= 0.6 is 23.1 Å². The molecule has 0 unspecified atom stereocenters. The van der Waals surface area contributed by atoms with Gasteiger partial charge in [0.2, 0.25) is 5.91 Å². The number of urea groups is 1. The minimum atomic E-state index is -0.497. The van der Waals surface area contributed by atoms with E-state index in [1.165, 1.54) is 30.5 Å². The maximum absolute atomic E-state index is 12.9. The highest BCUT2D eigenvalue weighted by Gasteiger charge is 2.07. The first-order valence-corrected chi connectivity index (χ1v) is 8.91. The Morgan fingerprint density at radius 3 is 2.74 bits per heavy atom. The number of hydrogen-bond acceptors (Lipinski definition) is 5. The summed E-state index contributed by atoms with van der Waals surface area (Å²) in [6.07, 6.45) is 0.271. The molecule has 2 aromatic rings. The second kappa shape index (κ2) is 8.64. The molecule has 0 fully saturated rings. The number of aromatic nitrogens is 1. The SMILES string of the molecule is CNC(=O)NC(=O)CCSCc1csc(-c2ccc(F)cc2)n1. The molecule has 0 saturated carbocycles. The summed E-state index contributed by atoms with van der Waals surface area (Å²) in [7, 11) is 1.46. The molecule has 0 aliphatic rings. The zero-order valence-electron chi connectivity index (χ0n) is 12.5. The van der Waals surface area contributed by atoms with Crippen molar-refractivity contribution >= 4 is 35.0 Å². The lowest BCUT2D eigenvalue weighted by atomic mass is 10.2. The number of rotatable bonds is 6. The van der Waals surface area contributed by atoms with Gasteiger partial charge in [0.05, 0.1) is 5.69 Å². The lowest BCUT2D eigenvalue weighted by Crippen LogP contribution is -2.37. The van der Waals surface area contributed by atoms with Crippen molar-refractivity contribution in [2.75, 3.05) is 12.8 Å². The number of halogens is 1. The summed E-state index contributed by atoms with van der Waals surface area (Å²) >= 11 is 3.08. The summed E-state index contributed by atoms with van der Waals surface area (Å²) in [5.74, 6) is 0.718. The van der Waals surface area contributed by atoms with Crippen LogP contribution in [0.2, 0.25) is 0 Å². The molecule has 23 heavy (non-hydrogen) atoms. The molecule has 3 amide bonds. The van der Waals surface area contributed by atoms with Gasteiger partial charge in [0.25, 0.3) is 0 Å². The summed E-state index contributed by atoms with van der Waals surface area (Å²) < 4.78 is 12.9. The van der Waals surface area contributed by atoms with Gasteiger partial charge >= 0.3 is 6.03 Å². The molecule has 122 valence electrons. The van der Waals surface area contributed by atoms with Gasteiger partial charge in [-0.2, -0.15) is 11.8 Å². The van der Waals surface area contributed by atoms with Crippen molar-refractivity contribution in [3.63, 3.8) is 0 Å². The normalized spacial score (nSPS) is 10.3. The van der Waals surface area contributed by atoms with E-state index in [0.29, 0.717) is 11.5 Å². The lowest BCUT2D eigenvalue weighted by Gasteiger charge is -2.02. The van der Waals surface area contributed by atoms with E-state index in [0.717, 1.165) is 16.3 Å². The van der Waals surface area contributed by atoms with Crippen LogP contribution in [0.1, 0.15) is 12.1 Å². The third kappa shape index (κ3) is 5.65. The van der Waals surface area contributed by atoms with Crippen LogP contribution in [0.3, 0.4) is 0 Å². The summed E-state index contributed by atoms with van der Waals surface area (Å²) in [4.78, 5) is 26.9. The number of hydrogen-bond donors (Lipinski definition) is 2. The average Bonchev–Trinajstić information content (AvgIpc) is 3.01. The fraction of sp³-hybridized carbons (Fsp3) is 0.267.